The van der Waals surface area contributed by atoms with E-state index in [-0.39, 0.29) is 0 Å². The van der Waals surface area contributed by atoms with Crippen molar-refractivity contribution in [2.75, 3.05) is 54.4 Å². The molecule has 16 heteroatoms. The molecule has 6 aliphatic heterocycles. The summed E-state index contributed by atoms with van der Waals surface area (Å²) < 4.78 is 0. The summed E-state index contributed by atoms with van der Waals surface area (Å²) in [6, 6.07) is 8.79. The van der Waals surface area contributed by atoms with E-state index in [1.54, 1.807) is 0 Å². The van der Waals surface area contributed by atoms with E-state index >= 15 is 0 Å². The molecule has 68 heavy (non-hydrogen) atoms. The summed E-state index contributed by atoms with van der Waals surface area (Å²) in [7, 11) is 8.39. The second kappa shape index (κ2) is 23.2. The maximum Gasteiger partial charge on any atom is 0.300 e. The lowest BCUT2D eigenvalue weighted by Gasteiger charge is -2.18. The van der Waals surface area contributed by atoms with Gasteiger partial charge in [0.1, 0.15) is 0 Å². The molecule has 0 fully saturated rings. The topological polar surface area (TPSA) is 220 Å². The number of hydrogen-bond acceptors (Lipinski definition) is 10. The quantitative estimate of drug-likeness (QED) is 0.0998. The van der Waals surface area contributed by atoms with E-state index in [1.165, 1.54) is 0 Å². The number of carbonyl (C=O) groups is 4. The highest BCUT2D eigenvalue weighted by molar-refractivity contribution is 5.99. The van der Waals surface area contributed by atoms with Gasteiger partial charge in [-0.1, -0.05) is 24.3 Å². The first-order chi connectivity index (χ1) is 32.3. The molecule has 8 bridgehead atoms. The van der Waals surface area contributed by atoms with Crippen LogP contribution in [0.2, 0.25) is 0 Å². The Morgan fingerprint density at radius 1 is 0.397 bits per heavy atom. The predicted molar refractivity (Wildman–Crippen MR) is 271 cm³/mol. The molecule has 354 valence electrons. The Balaban J connectivity index is 0.000000472. The van der Waals surface area contributed by atoms with Crippen LogP contribution in [-0.4, -0.2) is 138 Å². The van der Waals surface area contributed by atoms with Crippen molar-refractivity contribution in [2.24, 2.45) is 0 Å². The van der Waals surface area contributed by atoms with Crippen LogP contribution in [0.1, 0.15) is 72.7 Å². The fraction of sp³-hybridized carbons (Fsp3) is 0.231. The summed E-state index contributed by atoms with van der Waals surface area (Å²) in [6.45, 7) is 7.64. The average Bonchev–Trinajstić information content (AvgIpc) is 4.11. The summed E-state index contributed by atoms with van der Waals surface area (Å²) in [4.78, 5) is 63.3. The van der Waals surface area contributed by atoms with Crippen molar-refractivity contribution >= 4 is 92.5 Å². The van der Waals surface area contributed by atoms with Crippen molar-refractivity contribution in [3.8, 4) is 0 Å². The first-order valence-electron chi connectivity index (χ1n) is 21.6. The van der Waals surface area contributed by atoms with Crippen LogP contribution < -0.4 is 0 Å². The Morgan fingerprint density at radius 2 is 0.588 bits per heavy atom. The Morgan fingerprint density at radius 3 is 0.750 bits per heavy atom. The van der Waals surface area contributed by atoms with Gasteiger partial charge >= 0.3 is 0 Å². The summed E-state index contributed by atoms with van der Waals surface area (Å²) in [5.74, 6) is -3.33. The Labute approximate surface area is 395 Å². The SMILES string of the molecule is CC(=O)O.CC(=O)O.CC(=O)O.CC(=O)O.CN1C=CC(c2c3nc(c(C4=CCN(C)C=C4)c4ccc([nH]4)c(C4=CCN(C)C=C4)c4nc(c(C5=CCN(C)C=C5)c5ccc2[nH]5)C=C4)C=C3)=CC1. The van der Waals surface area contributed by atoms with Crippen LogP contribution in [0.4, 0.5) is 0 Å². The van der Waals surface area contributed by atoms with E-state index in [0.29, 0.717) is 0 Å². The monoisotopic (exact) mass is 922 g/mol. The summed E-state index contributed by atoms with van der Waals surface area (Å²) in [5.41, 5.74) is 16.7. The van der Waals surface area contributed by atoms with E-state index in [9.17, 15) is 0 Å². The zero-order chi connectivity index (χ0) is 49.7. The van der Waals surface area contributed by atoms with Gasteiger partial charge in [-0.05, 0) is 120 Å². The number of nitrogens with zero attached hydrogens (tertiary/aromatic N) is 6. The zero-order valence-electron chi connectivity index (χ0n) is 39.5. The van der Waals surface area contributed by atoms with E-state index in [4.69, 9.17) is 49.6 Å². The smallest absolute Gasteiger partial charge is 0.300 e. The molecule has 0 saturated heterocycles. The number of aromatic nitrogens is 4. The van der Waals surface area contributed by atoms with Crippen LogP contribution >= 0.6 is 0 Å². The van der Waals surface area contributed by atoms with Gasteiger partial charge in [-0.2, -0.15) is 0 Å². The van der Waals surface area contributed by atoms with Gasteiger partial charge in [0.2, 0.25) is 0 Å². The second-order valence-corrected chi connectivity index (χ2v) is 16.2. The predicted octanol–water partition coefficient (Wildman–Crippen LogP) is 8.39. The number of allylic oxidation sites excluding steroid dienone is 8. The number of aliphatic carboxylic acids is 4. The van der Waals surface area contributed by atoms with E-state index in [1.807, 2.05) is 0 Å². The average molecular weight is 923 g/mol. The number of carboxylic acid groups (broad SMARTS) is 4. The molecule has 0 aromatic carbocycles. The minimum absolute atomic E-state index is 0.827. The fourth-order valence-electron chi connectivity index (χ4n) is 7.48. The maximum atomic E-state index is 9.00. The third-order valence-corrected chi connectivity index (χ3v) is 10.3. The molecule has 3 aromatic rings. The number of rotatable bonds is 4. The van der Waals surface area contributed by atoms with Crippen molar-refractivity contribution in [3.05, 3.63) is 143 Å². The van der Waals surface area contributed by atoms with Gasteiger partial charge in [0.05, 0.1) is 22.8 Å². The molecule has 0 unspecified atom stereocenters. The van der Waals surface area contributed by atoms with Crippen LogP contribution in [0, 0.1) is 0 Å². The Kier molecular flexibility index (Phi) is 17.2. The number of likely N-dealkylation sites (N-methyl/N-ethyl adjacent to an activating group) is 4. The fourth-order valence-corrected chi connectivity index (χ4v) is 7.48. The number of H-pyrrole nitrogens is 2. The van der Waals surface area contributed by atoms with Crippen LogP contribution in [0.3, 0.4) is 0 Å². The molecular weight excluding hydrogens is 865 g/mol. The summed E-state index contributed by atoms with van der Waals surface area (Å²) in [6.07, 6.45) is 35.2. The van der Waals surface area contributed by atoms with Crippen molar-refractivity contribution in [2.45, 2.75) is 27.7 Å². The van der Waals surface area contributed by atoms with Crippen LogP contribution in [0.15, 0.2) is 97.7 Å². The highest BCUT2D eigenvalue weighted by Gasteiger charge is 2.21. The van der Waals surface area contributed by atoms with Gasteiger partial charge < -0.3 is 50.0 Å². The molecular formula is C52H58N8O8. The Hall–Kier alpha value is -8.40. The van der Waals surface area contributed by atoms with Crippen molar-refractivity contribution in [1.82, 2.24) is 39.5 Å². The van der Waals surface area contributed by atoms with Crippen LogP contribution in [0.5, 0.6) is 0 Å². The highest BCUT2D eigenvalue weighted by atomic mass is 16.4. The number of aromatic amines is 2. The summed E-state index contributed by atoms with van der Waals surface area (Å²) >= 11 is 0. The largest absolute Gasteiger partial charge is 0.481 e. The molecule has 0 aliphatic carbocycles. The molecule has 0 amide bonds. The van der Waals surface area contributed by atoms with Crippen molar-refractivity contribution < 1.29 is 39.6 Å². The molecule has 0 radical (unpaired) electrons. The van der Waals surface area contributed by atoms with Crippen molar-refractivity contribution in [3.63, 3.8) is 0 Å². The summed E-state index contributed by atoms with van der Waals surface area (Å²) in [5, 5.41) is 29.7. The third-order valence-electron chi connectivity index (χ3n) is 10.3. The van der Waals surface area contributed by atoms with Gasteiger partial charge in [0, 0.05) is 126 Å². The Bertz CT molecular complexity index is 2540. The van der Waals surface area contributed by atoms with Gasteiger partial charge in [-0.3, -0.25) is 19.2 Å². The number of nitrogens with one attached hydrogen (secondary N) is 2. The lowest BCUT2D eigenvalue weighted by atomic mass is 10.0. The lowest BCUT2D eigenvalue weighted by molar-refractivity contribution is -0.135. The lowest BCUT2D eigenvalue weighted by Crippen LogP contribution is -2.13. The van der Waals surface area contributed by atoms with Crippen molar-refractivity contribution in [1.29, 1.82) is 0 Å². The van der Waals surface area contributed by atoms with E-state index in [2.05, 4.69) is 180 Å². The molecule has 0 saturated carbocycles. The third kappa shape index (κ3) is 13.8. The molecule has 0 spiro atoms. The van der Waals surface area contributed by atoms with E-state index in [0.717, 1.165) is 143 Å². The van der Waals surface area contributed by atoms with E-state index < -0.39 is 23.9 Å². The molecule has 3 aromatic heterocycles. The first-order valence-corrected chi connectivity index (χ1v) is 21.6. The number of fused-ring (bicyclic) bond motifs is 8. The number of hydrogen-bond donors (Lipinski definition) is 6. The molecule has 9 rings (SSSR count). The molecule has 9 heterocycles. The molecule has 16 nitrogen and oxygen atoms in total. The highest BCUT2D eigenvalue weighted by Crippen LogP contribution is 2.37. The molecule has 6 aliphatic rings. The first kappa shape index (κ1) is 50.6. The standard InChI is InChI=1S/C44H42N8.4C2H4O2/c1-49-21-13-29(14-22-49)41-33-5-7-35(45-33)42(30-15-23-50(2)24-16-30)37-9-11-39(47-37)44(32-19-27-52(4)28-20-32)40-12-10-38(48-40)43(36-8-6-34(41)46-36)31-17-25-51(3)26-18-31;4*1-2(3)4/h5-21,23,25,27,45,48H,22,24,26,28H2,1-4H3;4*1H3,(H,3,4). The van der Waals surface area contributed by atoms with Gasteiger partial charge in [-0.25, -0.2) is 9.97 Å². The van der Waals surface area contributed by atoms with Gasteiger partial charge in [0.25, 0.3) is 23.9 Å². The number of carboxylic acids is 4. The van der Waals surface area contributed by atoms with Gasteiger partial charge in [0.15, 0.2) is 0 Å². The minimum atomic E-state index is -0.833. The van der Waals surface area contributed by atoms with Gasteiger partial charge in [-0.15, -0.1) is 0 Å². The minimum Gasteiger partial charge on any atom is -0.481 e. The van der Waals surface area contributed by atoms with Crippen LogP contribution in [-0.2, 0) is 19.2 Å². The molecule has 6 N–H and O–H groups in total. The van der Waals surface area contributed by atoms with Crippen LogP contribution in [0.25, 0.3) is 68.7 Å². The maximum absolute atomic E-state index is 9.00. The second-order valence-electron chi connectivity index (χ2n) is 16.2. The zero-order valence-corrected chi connectivity index (χ0v) is 39.5. The molecule has 0 atom stereocenters. The normalized spacial score (nSPS) is 15.2.